The molecule has 0 unspecified atom stereocenters. The lowest BCUT2D eigenvalue weighted by atomic mass is 9.90. The van der Waals surface area contributed by atoms with Crippen molar-refractivity contribution in [3.63, 3.8) is 0 Å². The van der Waals surface area contributed by atoms with Gasteiger partial charge in [0.25, 0.3) is 0 Å². The Hall–Kier alpha value is -2.09. The molecule has 1 nitrogen and oxygen atoms in total. The monoisotopic (exact) mass is 391 g/mol. The van der Waals surface area contributed by atoms with Crippen LogP contribution in [0.3, 0.4) is 0 Å². The van der Waals surface area contributed by atoms with E-state index < -0.39 is 0 Å². The third kappa shape index (κ3) is 5.70. The summed E-state index contributed by atoms with van der Waals surface area (Å²) in [6.07, 6.45) is 5.73. The summed E-state index contributed by atoms with van der Waals surface area (Å²) in [5.41, 5.74) is 7.36. The number of piperidine rings is 1. The fourth-order valence-corrected chi connectivity index (χ4v) is 3.76. The highest BCUT2D eigenvalue weighted by atomic mass is 35.5. The molecule has 0 atom stereocenters. The molecule has 28 heavy (non-hydrogen) atoms. The van der Waals surface area contributed by atoms with Gasteiger partial charge in [0, 0.05) is 18.1 Å². The van der Waals surface area contributed by atoms with E-state index in [1.165, 1.54) is 28.7 Å². The molecule has 0 amide bonds. The van der Waals surface area contributed by atoms with E-state index in [0.717, 1.165) is 35.8 Å². The van der Waals surface area contributed by atoms with Crippen molar-refractivity contribution in [2.75, 3.05) is 19.6 Å². The highest BCUT2D eigenvalue weighted by molar-refractivity contribution is 6.30. The van der Waals surface area contributed by atoms with Gasteiger partial charge in [0.15, 0.2) is 0 Å². The standard InChI is InChI=1S/C26H30ClN/c1-19(2)11-12-28-17-24(14-22-8-5-7-20(3)13-22)21(4)25(18-28)15-23-9-6-10-26(27)16-23/h5-10,13-16,19H,4,11-12,17-18H2,1-3H3/b24-14+,25-15+. The topological polar surface area (TPSA) is 3.24 Å². The van der Waals surface area contributed by atoms with Crippen LogP contribution >= 0.6 is 11.6 Å². The normalized spacial score (nSPS) is 18.4. The first-order valence-electron chi connectivity index (χ1n) is 10.1. The maximum absolute atomic E-state index is 6.19. The van der Waals surface area contributed by atoms with Crippen LogP contribution in [-0.2, 0) is 0 Å². The van der Waals surface area contributed by atoms with Crippen LogP contribution in [0.25, 0.3) is 12.2 Å². The zero-order valence-corrected chi connectivity index (χ0v) is 18.0. The summed E-state index contributed by atoms with van der Waals surface area (Å²) in [4.78, 5) is 2.53. The van der Waals surface area contributed by atoms with Crippen molar-refractivity contribution in [3.8, 4) is 0 Å². The van der Waals surface area contributed by atoms with Crippen molar-refractivity contribution in [1.29, 1.82) is 0 Å². The zero-order valence-electron chi connectivity index (χ0n) is 17.2. The maximum Gasteiger partial charge on any atom is 0.0411 e. The molecule has 3 rings (SSSR count). The summed E-state index contributed by atoms with van der Waals surface area (Å²) in [5, 5.41) is 0.767. The summed E-state index contributed by atoms with van der Waals surface area (Å²) in [6.45, 7) is 14.1. The van der Waals surface area contributed by atoms with Gasteiger partial charge in [-0.15, -0.1) is 0 Å². The number of nitrogens with zero attached hydrogens (tertiary/aromatic N) is 1. The molecule has 1 aliphatic rings. The van der Waals surface area contributed by atoms with Crippen molar-refractivity contribution in [2.45, 2.75) is 27.2 Å². The number of halogens is 1. The van der Waals surface area contributed by atoms with Crippen LogP contribution < -0.4 is 0 Å². The summed E-state index contributed by atoms with van der Waals surface area (Å²) in [5.74, 6) is 0.703. The van der Waals surface area contributed by atoms with Crippen LogP contribution in [0.15, 0.2) is 71.8 Å². The first-order valence-corrected chi connectivity index (χ1v) is 10.4. The largest absolute Gasteiger partial charge is 0.295 e. The molecule has 0 bridgehead atoms. The predicted octanol–water partition coefficient (Wildman–Crippen LogP) is 7.03. The molecule has 0 saturated carbocycles. The van der Waals surface area contributed by atoms with Crippen molar-refractivity contribution in [1.82, 2.24) is 4.90 Å². The molecule has 0 radical (unpaired) electrons. The van der Waals surface area contributed by atoms with E-state index in [1.807, 2.05) is 18.2 Å². The molecule has 2 aromatic carbocycles. The molecule has 146 valence electrons. The number of hydrogen-bond acceptors (Lipinski definition) is 1. The van der Waals surface area contributed by atoms with Crippen LogP contribution in [0.4, 0.5) is 0 Å². The lowest BCUT2D eigenvalue weighted by Crippen LogP contribution is -2.35. The van der Waals surface area contributed by atoms with E-state index in [1.54, 1.807) is 0 Å². The van der Waals surface area contributed by atoms with E-state index in [-0.39, 0.29) is 0 Å². The minimum Gasteiger partial charge on any atom is -0.295 e. The number of rotatable bonds is 5. The maximum atomic E-state index is 6.19. The van der Waals surface area contributed by atoms with Gasteiger partial charge in [-0.3, -0.25) is 4.90 Å². The molecule has 1 saturated heterocycles. The van der Waals surface area contributed by atoms with E-state index in [2.05, 4.69) is 74.7 Å². The Morgan fingerprint density at radius 3 is 2.18 bits per heavy atom. The lowest BCUT2D eigenvalue weighted by Gasteiger charge is -2.33. The Kier molecular flexibility index (Phi) is 6.93. The zero-order chi connectivity index (χ0) is 20.1. The average Bonchev–Trinajstić information content (AvgIpc) is 2.63. The van der Waals surface area contributed by atoms with Crippen molar-refractivity contribution in [2.24, 2.45) is 5.92 Å². The molecule has 0 N–H and O–H groups in total. The summed E-state index contributed by atoms with van der Waals surface area (Å²) >= 11 is 6.19. The SMILES string of the molecule is C=C1/C(=C/c2cccc(C)c2)CN(CCC(C)C)C/C1=C\c1cccc(Cl)c1. The Balaban J connectivity index is 1.93. The summed E-state index contributed by atoms with van der Waals surface area (Å²) in [7, 11) is 0. The average molecular weight is 392 g/mol. The van der Waals surface area contributed by atoms with Gasteiger partial charge in [-0.1, -0.05) is 74.0 Å². The number of aryl methyl sites for hydroxylation is 1. The molecule has 2 aromatic rings. The van der Waals surface area contributed by atoms with Crippen LogP contribution in [0.1, 0.15) is 37.0 Å². The Bertz CT molecular complexity index is 837. The predicted molar refractivity (Wildman–Crippen MR) is 124 cm³/mol. The lowest BCUT2D eigenvalue weighted by molar-refractivity contribution is 0.293. The Labute approximate surface area is 175 Å². The molecular formula is C26H30ClN. The van der Waals surface area contributed by atoms with Gasteiger partial charge in [0.05, 0.1) is 0 Å². The number of benzene rings is 2. The number of hydrogen-bond donors (Lipinski definition) is 0. The van der Waals surface area contributed by atoms with Gasteiger partial charge in [-0.05, 0) is 77.9 Å². The number of likely N-dealkylation sites (tertiary alicyclic amines) is 1. The quantitative estimate of drug-likeness (QED) is 0.528. The minimum atomic E-state index is 0.703. The summed E-state index contributed by atoms with van der Waals surface area (Å²) in [6, 6.07) is 16.7. The molecule has 1 aliphatic heterocycles. The van der Waals surface area contributed by atoms with Gasteiger partial charge in [-0.2, -0.15) is 0 Å². The van der Waals surface area contributed by atoms with E-state index in [9.17, 15) is 0 Å². The highest BCUT2D eigenvalue weighted by Gasteiger charge is 2.21. The van der Waals surface area contributed by atoms with Crippen molar-refractivity contribution in [3.05, 3.63) is 93.5 Å². The fourth-order valence-electron chi connectivity index (χ4n) is 3.56. The fraction of sp³-hybridized carbons (Fsp3) is 0.308. The Morgan fingerprint density at radius 1 is 1.00 bits per heavy atom. The molecule has 2 heteroatoms. The molecular weight excluding hydrogens is 362 g/mol. The third-order valence-electron chi connectivity index (χ3n) is 5.16. The Morgan fingerprint density at radius 2 is 1.61 bits per heavy atom. The van der Waals surface area contributed by atoms with Gasteiger partial charge in [-0.25, -0.2) is 0 Å². The second kappa shape index (κ2) is 9.41. The molecule has 1 fully saturated rings. The van der Waals surface area contributed by atoms with Gasteiger partial charge >= 0.3 is 0 Å². The van der Waals surface area contributed by atoms with Crippen LogP contribution in [0, 0.1) is 12.8 Å². The van der Waals surface area contributed by atoms with Gasteiger partial charge in [0.2, 0.25) is 0 Å². The highest BCUT2D eigenvalue weighted by Crippen LogP contribution is 2.30. The first kappa shape index (κ1) is 20.6. The minimum absolute atomic E-state index is 0.703. The summed E-state index contributed by atoms with van der Waals surface area (Å²) < 4.78 is 0. The van der Waals surface area contributed by atoms with Crippen molar-refractivity contribution < 1.29 is 0 Å². The van der Waals surface area contributed by atoms with Crippen LogP contribution in [-0.4, -0.2) is 24.5 Å². The second-order valence-corrected chi connectivity index (χ2v) is 8.62. The molecule has 0 spiro atoms. The van der Waals surface area contributed by atoms with Gasteiger partial charge < -0.3 is 0 Å². The van der Waals surface area contributed by atoms with Crippen LogP contribution in [0.2, 0.25) is 5.02 Å². The van der Waals surface area contributed by atoms with E-state index in [4.69, 9.17) is 11.6 Å². The van der Waals surface area contributed by atoms with E-state index >= 15 is 0 Å². The third-order valence-corrected chi connectivity index (χ3v) is 5.39. The molecule has 0 aliphatic carbocycles. The van der Waals surface area contributed by atoms with E-state index in [0.29, 0.717) is 5.92 Å². The second-order valence-electron chi connectivity index (χ2n) is 8.18. The molecule has 0 aromatic heterocycles. The van der Waals surface area contributed by atoms with Gasteiger partial charge in [0.1, 0.15) is 0 Å². The smallest absolute Gasteiger partial charge is 0.0411 e. The first-order chi connectivity index (χ1) is 13.4. The van der Waals surface area contributed by atoms with Crippen LogP contribution in [0.5, 0.6) is 0 Å². The van der Waals surface area contributed by atoms with Crippen molar-refractivity contribution >= 4 is 23.8 Å². The molecule has 1 heterocycles.